The fraction of sp³-hybridized carbons (Fsp3) is 0.235. The molecule has 2 heteroatoms. The van der Waals surface area contributed by atoms with Crippen LogP contribution in [0.15, 0.2) is 154 Å². The third kappa shape index (κ3) is 6.52. The molecule has 2 nitrogen and oxygen atoms in total. The van der Waals surface area contributed by atoms with Crippen molar-refractivity contribution >= 4 is 76.2 Å². The van der Waals surface area contributed by atoms with Crippen LogP contribution < -0.4 is 0 Å². The molecule has 2 aliphatic carbocycles. The van der Waals surface area contributed by atoms with Crippen LogP contribution in [0.5, 0.6) is 0 Å². The predicted molar refractivity (Wildman–Crippen MR) is 297 cm³/mol. The van der Waals surface area contributed by atoms with Gasteiger partial charge in [0.2, 0.25) is 0 Å². The molecule has 0 aliphatic heterocycles. The summed E-state index contributed by atoms with van der Waals surface area (Å²) in [6, 6.07) is 55.7. The largest absolute Gasteiger partial charge is 0.455 e. The Morgan fingerprint density at radius 3 is 1.13 bits per heavy atom. The normalized spacial score (nSPS) is 15.3. The van der Waals surface area contributed by atoms with Gasteiger partial charge in [-0.25, -0.2) is 0 Å². The molecule has 70 heavy (non-hydrogen) atoms. The van der Waals surface area contributed by atoms with Gasteiger partial charge in [0.15, 0.2) is 0 Å². The zero-order chi connectivity index (χ0) is 46.8. The lowest BCUT2D eigenvalue weighted by Crippen LogP contribution is -2.04. The number of hydrogen-bond acceptors (Lipinski definition) is 2. The van der Waals surface area contributed by atoms with Crippen molar-refractivity contribution in [1.29, 1.82) is 0 Å². The maximum absolute atomic E-state index is 7.28. The van der Waals surface area contributed by atoms with Gasteiger partial charge in [-0.05, 0) is 202 Å². The maximum Gasteiger partial charge on any atom is 0.143 e. The minimum Gasteiger partial charge on any atom is -0.455 e. The third-order valence-electron chi connectivity index (χ3n) is 17.1. The van der Waals surface area contributed by atoms with Gasteiger partial charge in [-0.2, -0.15) is 0 Å². The standard InChI is InChI=1S/C68H58O2/c1-39-15-11-16-40(2)63(39)53-37-59-66-56(36-58-52-30-28-50(34-62(52)69-67(58)59)48-26-14-24-46(32-48)44-21-9-6-10-22-44)54(64-41(3)17-12-18-42(64)4)38-60-65(66)55(53)35-57-51-29-27-49(33-61(51)70-68(57)60)47-25-13-23-45(31-47)43-19-7-5-8-20-43/h11-18,23-38,43-44H,5-10,19-22H2,1-4H3. The Morgan fingerprint density at radius 1 is 0.329 bits per heavy atom. The van der Waals surface area contributed by atoms with Crippen LogP contribution in [0, 0.1) is 27.7 Å². The molecule has 10 aromatic carbocycles. The summed E-state index contributed by atoms with van der Waals surface area (Å²) in [5.74, 6) is 1.30. The molecular weight excluding hydrogens is 849 g/mol. The van der Waals surface area contributed by atoms with Crippen LogP contribution >= 0.6 is 0 Å². The molecule has 0 unspecified atom stereocenters. The molecule has 2 fully saturated rings. The van der Waals surface area contributed by atoms with E-state index in [9.17, 15) is 0 Å². The highest BCUT2D eigenvalue weighted by Crippen LogP contribution is 2.52. The summed E-state index contributed by atoms with van der Waals surface area (Å²) in [5.41, 5.74) is 21.7. The molecule has 0 saturated heterocycles. The Balaban J connectivity index is 1.06. The van der Waals surface area contributed by atoms with Crippen LogP contribution in [0.2, 0.25) is 0 Å². The Morgan fingerprint density at radius 2 is 0.714 bits per heavy atom. The highest BCUT2D eigenvalue weighted by atomic mass is 16.3. The van der Waals surface area contributed by atoms with E-state index < -0.39 is 0 Å². The molecule has 14 rings (SSSR count). The summed E-state index contributed by atoms with van der Waals surface area (Å²) in [5, 5.41) is 11.8. The monoisotopic (exact) mass is 906 g/mol. The summed E-state index contributed by atoms with van der Waals surface area (Å²) in [7, 11) is 0. The highest BCUT2D eigenvalue weighted by molar-refractivity contribution is 6.38. The van der Waals surface area contributed by atoms with Gasteiger partial charge in [0, 0.05) is 43.1 Å². The second-order valence-corrected chi connectivity index (χ2v) is 21.4. The summed E-state index contributed by atoms with van der Waals surface area (Å²) in [4.78, 5) is 0. The molecule has 0 radical (unpaired) electrons. The third-order valence-corrected chi connectivity index (χ3v) is 17.1. The van der Waals surface area contributed by atoms with Gasteiger partial charge in [0.1, 0.15) is 22.3 Å². The molecular formula is C68H58O2. The van der Waals surface area contributed by atoms with Crippen LogP contribution in [0.3, 0.4) is 0 Å². The molecule has 0 spiro atoms. The topological polar surface area (TPSA) is 26.3 Å². The Bertz CT molecular complexity index is 3760. The van der Waals surface area contributed by atoms with Gasteiger partial charge in [-0.3, -0.25) is 0 Å². The zero-order valence-electron chi connectivity index (χ0n) is 40.9. The molecule has 2 aliphatic rings. The minimum atomic E-state index is 0.652. The lowest BCUT2D eigenvalue weighted by atomic mass is 9.81. The van der Waals surface area contributed by atoms with Crippen LogP contribution in [-0.2, 0) is 0 Å². The van der Waals surface area contributed by atoms with E-state index in [-0.39, 0.29) is 0 Å². The van der Waals surface area contributed by atoms with E-state index in [1.165, 1.54) is 164 Å². The smallest absolute Gasteiger partial charge is 0.143 e. The summed E-state index contributed by atoms with van der Waals surface area (Å²) in [6.45, 7) is 9.05. The van der Waals surface area contributed by atoms with Crippen LogP contribution in [0.1, 0.15) is 109 Å². The number of hydrogen-bond donors (Lipinski definition) is 0. The quantitative estimate of drug-likeness (QED) is 0.155. The molecule has 0 atom stereocenters. The van der Waals surface area contributed by atoms with Gasteiger partial charge in [0.05, 0.1) is 0 Å². The Kier molecular flexibility index (Phi) is 9.67. The van der Waals surface area contributed by atoms with E-state index in [1.807, 2.05) is 0 Å². The first-order valence-corrected chi connectivity index (χ1v) is 26.2. The van der Waals surface area contributed by atoms with Crippen molar-refractivity contribution < 1.29 is 8.83 Å². The number of aryl methyl sites for hydroxylation is 4. The molecule has 342 valence electrons. The van der Waals surface area contributed by atoms with Crippen molar-refractivity contribution in [3.8, 4) is 44.5 Å². The maximum atomic E-state index is 7.28. The van der Waals surface area contributed by atoms with Gasteiger partial charge >= 0.3 is 0 Å². The van der Waals surface area contributed by atoms with Gasteiger partial charge in [-0.15, -0.1) is 0 Å². The second kappa shape index (κ2) is 16.2. The Hall–Kier alpha value is -7.16. The number of benzene rings is 10. The van der Waals surface area contributed by atoms with Crippen molar-refractivity contribution in [3.63, 3.8) is 0 Å². The second-order valence-electron chi connectivity index (χ2n) is 21.4. The van der Waals surface area contributed by atoms with Crippen LogP contribution in [0.25, 0.3) is 121 Å². The van der Waals surface area contributed by atoms with Crippen LogP contribution in [0.4, 0.5) is 0 Å². The first kappa shape index (κ1) is 41.8. The summed E-state index contributed by atoms with van der Waals surface area (Å²) in [6.07, 6.45) is 13.2. The molecule has 2 saturated carbocycles. The lowest BCUT2D eigenvalue weighted by molar-refractivity contribution is 0.444. The van der Waals surface area contributed by atoms with Crippen LogP contribution in [-0.4, -0.2) is 0 Å². The molecule has 0 N–H and O–H groups in total. The highest BCUT2D eigenvalue weighted by Gasteiger charge is 2.27. The van der Waals surface area contributed by atoms with Crippen molar-refractivity contribution in [3.05, 3.63) is 179 Å². The van der Waals surface area contributed by atoms with Crippen molar-refractivity contribution in [1.82, 2.24) is 0 Å². The van der Waals surface area contributed by atoms with Crippen molar-refractivity contribution in [2.45, 2.75) is 104 Å². The van der Waals surface area contributed by atoms with Gasteiger partial charge in [-0.1, -0.05) is 136 Å². The lowest BCUT2D eigenvalue weighted by Gasteiger charge is -2.22. The first-order chi connectivity index (χ1) is 34.3. The van der Waals surface area contributed by atoms with E-state index >= 15 is 0 Å². The fourth-order valence-corrected chi connectivity index (χ4v) is 13.6. The number of fused-ring (bicyclic) bond motifs is 8. The van der Waals surface area contributed by atoms with Gasteiger partial charge in [0.25, 0.3) is 0 Å². The molecule has 0 bridgehead atoms. The average Bonchev–Trinajstić information content (AvgIpc) is 3.96. The number of furan rings is 2. The SMILES string of the molecule is Cc1cccc(C)c1-c1cc2c3oc4cc(-c5cccc(C6CCCCC6)c5)ccc4c3cc3c(-c4c(C)cccc4C)cc4c5oc6cc(-c7cccc(C8CCCCC8)c7)ccc6c5cc1c4c32. The molecule has 2 heterocycles. The zero-order valence-corrected chi connectivity index (χ0v) is 40.9. The van der Waals surface area contributed by atoms with Crippen molar-refractivity contribution in [2.24, 2.45) is 0 Å². The van der Waals surface area contributed by atoms with E-state index in [2.05, 4.69) is 173 Å². The Labute approximate surface area is 410 Å². The summed E-state index contributed by atoms with van der Waals surface area (Å²) < 4.78 is 14.6. The van der Waals surface area contributed by atoms with Gasteiger partial charge < -0.3 is 8.83 Å². The molecule has 2 aromatic heterocycles. The van der Waals surface area contributed by atoms with E-state index in [1.54, 1.807) is 0 Å². The van der Waals surface area contributed by atoms with E-state index in [0.29, 0.717) is 11.8 Å². The number of rotatable bonds is 6. The fourth-order valence-electron chi connectivity index (χ4n) is 13.6. The molecule has 0 amide bonds. The first-order valence-electron chi connectivity index (χ1n) is 26.2. The predicted octanol–water partition coefficient (Wildman–Crippen LogP) is 20.4. The minimum absolute atomic E-state index is 0.652. The van der Waals surface area contributed by atoms with E-state index in [4.69, 9.17) is 8.83 Å². The average molecular weight is 907 g/mol. The molecule has 12 aromatic rings. The van der Waals surface area contributed by atoms with E-state index in [0.717, 1.165) is 54.6 Å². The van der Waals surface area contributed by atoms with Crippen molar-refractivity contribution in [2.75, 3.05) is 0 Å². The summed E-state index contributed by atoms with van der Waals surface area (Å²) >= 11 is 0.